The van der Waals surface area contributed by atoms with Crippen LogP contribution in [0.5, 0.6) is 0 Å². The molecule has 0 amide bonds. The van der Waals surface area contributed by atoms with E-state index in [0.717, 1.165) is 31.6 Å². The van der Waals surface area contributed by atoms with Gasteiger partial charge < -0.3 is 10.2 Å². The molecule has 2 atom stereocenters. The average molecular weight is 313 g/mol. The molecule has 1 aliphatic heterocycles. The number of anilines is 1. The van der Waals surface area contributed by atoms with E-state index >= 15 is 0 Å². The zero-order valence-corrected chi connectivity index (χ0v) is 13.9. The molecule has 2 rings (SSSR count). The number of nitrogens with zero attached hydrogens (tertiary/aromatic N) is 3. The van der Waals surface area contributed by atoms with Crippen molar-refractivity contribution in [1.29, 1.82) is 0 Å². The quantitative estimate of drug-likeness (QED) is 0.905. The summed E-state index contributed by atoms with van der Waals surface area (Å²) in [5.41, 5.74) is 0.599. The first-order valence-corrected chi connectivity index (χ1v) is 8.14. The van der Waals surface area contributed by atoms with E-state index in [9.17, 15) is 4.79 Å². The molecular weight excluding hydrogens is 288 g/mol. The summed E-state index contributed by atoms with van der Waals surface area (Å²) < 4.78 is 1.45. The lowest BCUT2D eigenvalue weighted by Crippen LogP contribution is -2.44. The Kier molecular flexibility index (Phi) is 5.65. The molecule has 0 aromatic carbocycles. The number of rotatable bonds is 5. The van der Waals surface area contributed by atoms with Gasteiger partial charge in [-0.05, 0) is 39.2 Å². The molecular formula is C15H25ClN4O. The standard InChI is InChI=1S/C15H25ClN4O/c1-4-7-20-15(21)14(16)13(9-18-20)19-8-5-6-12(10-19)11(2)17-3/h9,11-12,17H,4-8,10H2,1-3H3. The summed E-state index contributed by atoms with van der Waals surface area (Å²) in [6, 6.07) is 0.458. The Morgan fingerprint density at radius 2 is 2.33 bits per heavy atom. The Bertz CT molecular complexity index is 531. The fourth-order valence-electron chi connectivity index (χ4n) is 2.92. The van der Waals surface area contributed by atoms with Crippen molar-refractivity contribution in [1.82, 2.24) is 15.1 Å². The van der Waals surface area contributed by atoms with Crippen LogP contribution < -0.4 is 15.8 Å². The molecule has 1 N–H and O–H groups in total. The summed E-state index contributed by atoms with van der Waals surface area (Å²) in [4.78, 5) is 14.4. The molecule has 21 heavy (non-hydrogen) atoms. The normalized spacial score (nSPS) is 20.6. The van der Waals surface area contributed by atoms with Crippen LogP contribution in [0.2, 0.25) is 5.02 Å². The van der Waals surface area contributed by atoms with Crippen LogP contribution in [0.4, 0.5) is 5.69 Å². The summed E-state index contributed by atoms with van der Waals surface area (Å²) in [5.74, 6) is 0.567. The summed E-state index contributed by atoms with van der Waals surface area (Å²) in [6.07, 6.45) is 4.93. The highest BCUT2D eigenvalue weighted by Crippen LogP contribution is 2.28. The zero-order chi connectivity index (χ0) is 15.4. The molecule has 0 bridgehead atoms. The van der Waals surface area contributed by atoms with Gasteiger partial charge in [-0.15, -0.1) is 0 Å². The van der Waals surface area contributed by atoms with Gasteiger partial charge in [0.2, 0.25) is 0 Å². The van der Waals surface area contributed by atoms with Gasteiger partial charge in [0.25, 0.3) is 5.56 Å². The van der Waals surface area contributed by atoms with E-state index in [1.807, 2.05) is 14.0 Å². The predicted molar refractivity (Wildman–Crippen MR) is 87.3 cm³/mol. The van der Waals surface area contributed by atoms with E-state index < -0.39 is 0 Å². The maximum atomic E-state index is 12.2. The molecule has 6 heteroatoms. The minimum atomic E-state index is -0.181. The zero-order valence-electron chi connectivity index (χ0n) is 13.1. The van der Waals surface area contributed by atoms with Crippen LogP contribution in [0.15, 0.2) is 11.0 Å². The van der Waals surface area contributed by atoms with E-state index in [1.165, 1.54) is 11.1 Å². The number of piperidine rings is 1. The predicted octanol–water partition coefficient (Wildman–Crippen LogP) is 2.13. The van der Waals surface area contributed by atoms with Crippen molar-refractivity contribution in [3.8, 4) is 0 Å². The van der Waals surface area contributed by atoms with Crippen molar-refractivity contribution in [2.45, 2.75) is 45.7 Å². The van der Waals surface area contributed by atoms with Crippen molar-refractivity contribution in [3.05, 3.63) is 21.6 Å². The van der Waals surface area contributed by atoms with Crippen LogP contribution in [-0.4, -0.2) is 36.0 Å². The third-order valence-electron chi connectivity index (χ3n) is 4.36. The van der Waals surface area contributed by atoms with Gasteiger partial charge in [-0.3, -0.25) is 4.79 Å². The highest BCUT2D eigenvalue weighted by molar-refractivity contribution is 6.33. The molecule has 1 aromatic heterocycles. The summed E-state index contributed by atoms with van der Waals surface area (Å²) >= 11 is 6.30. The molecule has 2 unspecified atom stereocenters. The molecule has 118 valence electrons. The van der Waals surface area contributed by atoms with Crippen LogP contribution in [0.1, 0.15) is 33.1 Å². The molecule has 1 aromatic rings. The lowest BCUT2D eigenvalue weighted by molar-refractivity contribution is 0.333. The van der Waals surface area contributed by atoms with Crippen LogP contribution in [0, 0.1) is 5.92 Å². The van der Waals surface area contributed by atoms with Gasteiger partial charge in [0.05, 0.1) is 11.9 Å². The fourth-order valence-corrected chi connectivity index (χ4v) is 3.19. The smallest absolute Gasteiger partial charge is 0.287 e. The topological polar surface area (TPSA) is 50.2 Å². The van der Waals surface area contributed by atoms with Gasteiger partial charge in [0.15, 0.2) is 0 Å². The van der Waals surface area contributed by atoms with E-state index in [2.05, 4.69) is 22.2 Å². The maximum Gasteiger partial charge on any atom is 0.287 e. The second-order valence-electron chi connectivity index (χ2n) is 5.80. The summed E-state index contributed by atoms with van der Waals surface area (Å²) in [5, 5.41) is 7.88. The Balaban J connectivity index is 2.21. The van der Waals surface area contributed by atoms with E-state index in [1.54, 1.807) is 6.20 Å². The third-order valence-corrected chi connectivity index (χ3v) is 4.72. The number of hydrogen-bond acceptors (Lipinski definition) is 4. The second kappa shape index (κ2) is 7.27. The lowest BCUT2D eigenvalue weighted by atomic mass is 9.91. The number of halogens is 1. The lowest BCUT2D eigenvalue weighted by Gasteiger charge is -2.37. The molecule has 0 aliphatic carbocycles. The van der Waals surface area contributed by atoms with Gasteiger partial charge in [-0.2, -0.15) is 5.10 Å². The highest BCUT2D eigenvalue weighted by atomic mass is 35.5. The first kappa shape index (κ1) is 16.3. The number of aryl methyl sites for hydroxylation is 1. The molecule has 0 radical (unpaired) electrons. The molecule has 1 aliphatic rings. The van der Waals surface area contributed by atoms with Crippen molar-refractivity contribution >= 4 is 17.3 Å². The van der Waals surface area contributed by atoms with Crippen LogP contribution in [-0.2, 0) is 6.54 Å². The molecule has 0 saturated carbocycles. The highest BCUT2D eigenvalue weighted by Gasteiger charge is 2.26. The maximum absolute atomic E-state index is 12.2. The minimum Gasteiger partial charge on any atom is -0.369 e. The first-order valence-electron chi connectivity index (χ1n) is 7.76. The van der Waals surface area contributed by atoms with Crippen molar-refractivity contribution in [2.75, 3.05) is 25.0 Å². The van der Waals surface area contributed by atoms with E-state index in [4.69, 9.17) is 11.6 Å². The van der Waals surface area contributed by atoms with Gasteiger partial charge in [0, 0.05) is 25.7 Å². The Morgan fingerprint density at radius 1 is 1.57 bits per heavy atom. The van der Waals surface area contributed by atoms with Gasteiger partial charge in [-0.25, -0.2) is 4.68 Å². The molecule has 1 fully saturated rings. The SMILES string of the molecule is CCCn1ncc(N2CCCC(C(C)NC)C2)c(Cl)c1=O. The van der Waals surface area contributed by atoms with E-state index in [0.29, 0.717) is 23.5 Å². The van der Waals surface area contributed by atoms with Gasteiger partial charge >= 0.3 is 0 Å². The summed E-state index contributed by atoms with van der Waals surface area (Å²) in [7, 11) is 1.99. The molecule has 1 saturated heterocycles. The van der Waals surface area contributed by atoms with Crippen LogP contribution >= 0.6 is 11.6 Å². The third kappa shape index (κ3) is 3.58. The largest absolute Gasteiger partial charge is 0.369 e. The number of nitrogens with one attached hydrogen (secondary N) is 1. The Labute approximate surface area is 131 Å². The molecule has 5 nitrogen and oxygen atoms in total. The van der Waals surface area contributed by atoms with E-state index in [-0.39, 0.29) is 5.56 Å². The first-order chi connectivity index (χ1) is 10.1. The van der Waals surface area contributed by atoms with Gasteiger partial charge in [-0.1, -0.05) is 18.5 Å². The number of aromatic nitrogens is 2. The van der Waals surface area contributed by atoms with Crippen molar-refractivity contribution < 1.29 is 0 Å². The Hall–Kier alpha value is -1.07. The number of hydrogen-bond donors (Lipinski definition) is 1. The van der Waals surface area contributed by atoms with Crippen LogP contribution in [0.3, 0.4) is 0 Å². The average Bonchev–Trinajstić information content (AvgIpc) is 2.51. The minimum absolute atomic E-state index is 0.181. The second-order valence-corrected chi connectivity index (χ2v) is 6.18. The van der Waals surface area contributed by atoms with Crippen molar-refractivity contribution in [2.24, 2.45) is 5.92 Å². The van der Waals surface area contributed by atoms with Gasteiger partial charge in [0.1, 0.15) is 5.02 Å². The monoisotopic (exact) mass is 312 g/mol. The summed E-state index contributed by atoms with van der Waals surface area (Å²) in [6.45, 7) is 6.68. The fraction of sp³-hybridized carbons (Fsp3) is 0.733. The molecule has 2 heterocycles. The van der Waals surface area contributed by atoms with Crippen LogP contribution in [0.25, 0.3) is 0 Å². The van der Waals surface area contributed by atoms with Crippen molar-refractivity contribution in [3.63, 3.8) is 0 Å². The molecule has 0 spiro atoms. The Morgan fingerprint density at radius 3 is 3.00 bits per heavy atom.